The summed E-state index contributed by atoms with van der Waals surface area (Å²) < 4.78 is 0. The van der Waals surface area contributed by atoms with Crippen molar-refractivity contribution in [3.63, 3.8) is 0 Å². The molecule has 0 fully saturated rings. The van der Waals surface area contributed by atoms with E-state index in [2.05, 4.69) is 36.5 Å². The van der Waals surface area contributed by atoms with Crippen LogP contribution in [0.25, 0.3) is 0 Å². The molecule has 1 atom stereocenters. The van der Waals surface area contributed by atoms with Gasteiger partial charge in [-0.15, -0.1) is 11.8 Å². The van der Waals surface area contributed by atoms with Gasteiger partial charge in [0.1, 0.15) is 6.04 Å². The van der Waals surface area contributed by atoms with Crippen molar-refractivity contribution in [2.24, 2.45) is 0 Å². The number of aryl methyl sites for hydroxylation is 2. The Morgan fingerprint density at radius 3 is 2.20 bits per heavy atom. The Bertz CT molecular complexity index is 1100. The molecular weight excluding hydrogens is 452 g/mol. The van der Waals surface area contributed by atoms with E-state index in [9.17, 15) is 9.59 Å². The van der Waals surface area contributed by atoms with Gasteiger partial charge in [0.15, 0.2) is 0 Å². The summed E-state index contributed by atoms with van der Waals surface area (Å²) in [6.07, 6.45) is 0.840. The second-order valence-electron chi connectivity index (χ2n) is 9.23. The number of thioether (sulfide) groups is 1. The maximum atomic E-state index is 13.7. The Labute approximate surface area is 214 Å². The molecule has 0 saturated carbocycles. The number of hydrogen-bond acceptors (Lipinski definition) is 3. The van der Waals surface area contributed by atoms with Crippen LogP contribution in [0.15, 0.2) is 83.8 Å². The van der Waals surface area contributed by atoms with Crippen molar-refractivity contribution >= 4 is 23.6 Å². The quantitative estimate of drug-likeness (QED) is 0.339. The molecule has 5 heteroatoms. The summed E-state index contributed by atoms with van der Waals surface area (Å²) in [6.45, 7) is 8.41. The number of nitrogens with one attached hydrogen (secondary N) is 1. The molecule has 0 bridgehead atoms. The van der Waals surface area contributed by atoms with Crippen molar-refractivity contribution in [3.05, 3.63) is 101 Å². The van der Waals surface area contributed by atoms with E-state index < -0.39 is 6.04 Å². The molecule has 0 aromatic heterocycles. The van der Waals surface area contributed by atoms with Gasteiger partial charge >= 0.3 is 0 Å². The first kappa shape index (κ1) is 26.6. The average Bonchev–Trinajstić information content (AvgIpc) is 2.83. The van der Waals surface area contributed by atoms with Crippen LogP contribution in [0.4, 0.5) is 0 Å². The summed E-state index contributed by atoms with van der Waals surface area (Å²) in [4.78, 5) is 30.0. The second kappa shape index (κ2) is 13.1. The van der Waals surface area contributed by atoms with Crippen LogP contribution in [0, 0.1) is 13.8 Å². The van der Waals surface area contributed by atoms with Gasteiger partial charge in [-0.3, -0.25) is 9.59 Å². The zero-order valence-electron chi connectivity index (χ0n) is 21.2. The smallest absolute Gasteiger partial charge is 0.243 e. The molecular formula is C30H36N2O2S. The van der Waals surface area contributed by atoms with Crippen LogP contribution in [-0.2, 0) is 22.6 Å². The predicted octanol–water partition coefficient (Wildman–Crippen LogP) is 5.95. The molecule has 0 heterocycles. The zero-order valence-corrected chi connectivity index (χ0v) is 22.0. The Hall–Kier alpha value is -3.05. The van der Waals surface area contributed by atoms with Crippen molar-refractivity contribution in [1.82, 2.24) is 10.2 Å². The topological polar surface area (TPSA) is 49.4 Å². The number of carbonyl (C=O) groups is 2. The monoisotopic (exact) mass is 488 g/mol. The normalized spacial score (nSPS) is 11.8. The SMILES string of the molecule is Cc1ccc(SCCC(=O)N(Cc2ccccc2C)[C@H](Cc2ccccc2)C(=O)NC(C)C)cc1. The molecule has 1 N–H and O–H groups in total. The Kier molecular flexibility index (Phi) is 9.98. The van der Waals surface area contributed by atoms with E-state index in [-0.39, 0.29) is 17.9 Å². The van der Waals surface area contributed by atoms with Gasteiger partial charge in [0.2, 0.25) is 11.8 Å². The van der Waals surface area contributed by atoms with E-state index in [4.69, 9.17) is 0 Å². The summed E-state index contributed by atoms with van der Waals surface area (Å²) in [5.41, 5.74) is 4.42. The van der Waals surface area contributed by atoms with Crippen LogP contribution in [0.5, 0.6) is 0 Å². The Morgan fingerprint density at radius 2 is 1.54 bits per heavy atom. The summed E-state index contributed by atoms with van der Waals surface area (Å²) in [5, 5.41) is 3.05. The minimum atomic E-state index is -0.587. The molecule has 3 rings (SSSR count). The van der Waals surface area contributed by atoms with E-state index in [1.54, 1.807) is 16.7 Å². The highest BCUT2D eigenvalue weighted by Gasteiger charge is 2.30. The van der Waals surface area contributed by atoms with Gasteiger partial charge in [0.05, 0.1) is 0 Å². The fraction of sp³-hybridized carbons (Fsp3) is 0.333. The lowest BCUT2D eigenvalue weighted by molar-refractivity contribution is -0.141. The molecule has 0 saturated heterocycles. The number of carbonyl (C=O) groups excluding carboxylic acids is 2. The lowest BCUT2D eigenvalue weighted by Crippen LogP contribution is -2.52. The highest BCUT2D eigenvalue weighted by molar-refractivity contribution is 7.99. The molecule has 0 aliphatic heterocycles. The molecule has 2 amide bonds. The van der Waals surface area contributed by atoms with E-state index in [0.29, 0.717) is 25.1 Å². The molecule has 0 aliphatic rings. The van der Waals surface area contributed by atoms with Gasteiger partial charge in [-0.05, 0) is 56.5 Å². The predicted molar refractivity (Wildman–Crippen MR) is 145 cm³/mol. The number of amides is 2. The largest absolute Gasteiger partial charge is 0.352 e. The zero-order chi connectivity index (χ0) is 25.2. The highest BCUT2D eigenvalue weighted by atomic mass is 32.2. The summed E-state index contributed by atoms with van der Waals surface area (Å²) in [5.74, 6) is 0.542. The fourth-order valence-corrected chi connectivity index (χ4v) is 4.78. The molecule has 0 radical (unpaired) electrons. The Balaban J connectivity index is 1.85. The van der Waals surface area contributed by atoms with Gasteiger partial charge in [-0.25, -0.2) is 0 Å². The first-order chi connectivity index (χ1) is 16.8. The fourth-order valence-electron chi connectivity index (χ4n) is 3.94. The van der Waals surface area contributed by atoms with Crippen molar-refractivity contribution in [2.45, 2.75) is 64.1 Å². The molecule has 3 aromatic carbocycles. The third-order valence-electron chi connectivity index (χ3n) is 5.91. The van der Waals surface area contributed by atoms with Crippen molar-refractivity contribution in [2.75, 3.05) is 5.75 Å². The molecule has 35 heavy (non-hydrogen) atoms. The van der Waals surface area contributed by atoms with Gasteiger partial charge in [-0.2, -0.15) is 0 Å². The van der Waals surface area contributed by atoms with Crippen LogP contribution in [0.1, 0.15) is 42.5 Å². The van der Waals surface area contributed by atoms with Crippen LogP contribution >= 0.6 is 11.8 Å². The average molecular weight is 489 g/mol. The number of nitrogens with zero attached hydrogens (tertiary/aromatic N) is 1. The van der Waals surface area contributed by atoms with Crippen LogP contribution in [0.3, 0.4) is 0 Å². The first-order valence-electron chi connectivity index (χ1n) is 12.2. The molecule has 184 valence electrons. The van der Waals surface area contributed by atoms with Crippen LogP contribution < -0.4 is 5.32 Å². The summed E-state index contributed by atoms with van der Waals surface area (Å²) in [7, 11) is 0. The molecule has 4 nitrogen and oxygen atoms in total. The summed E-state index contributed by atoms with van der Waals surface area (Å²) >= 11 is 1.67. The van der Waals surface area contributed by atoms with E-state index in [0.717, 1.165) is 21.6 Å². The summed E-state index contributed by atoms with van der Waals surface area (Å²) in [6, 6.07) is 25.7. The van der Waals surface area contributed by atoms with Gasteiger partial charge in [0, 0.05) is 36.1 Å². The maximum Gasteiger partial charge on any atom is 0.243 e. The van der Waals surface area contributed by atoms with Gasteiger partial charge in [-0.1, -0.05) is 72.3 Å². The molecule has 0 spiro atoms. The highest BCUT2D eigenvalue weighted by Crippen LogP contribution is 2.22. The molecule has 0 unspecified atom stereocenters. The van der Waals surface area contributed by atoms with Crippen LogP contribution in [-0.4, -0.2) is 34.6 Å². The first-order valence-corrected chi connectivity index (χ1v) is 13.2. The Morgan fingerprint density at radius 1 is 0.886 bits per heavy atom. The molecule has 3 aromatic rings. The van der Waals surface area contributed by atoms with E-state index in [1.807, 2.05) is 75.4 Å². The number of rotatable bonds is 11. The minimum absolute atomic E-state index is 0.00622. The molecule has 0 aliphatic carbocycles. The van der Waals surface area contributed by atoms with Gasteiger partial charge in [0.25, 0.3) is 0 Å². The number of benzene rings is 3. The standard InChI is InChI=1S/C30H36N2O2S/c1-22(2)31-30(34)28(20-25-11-6-5-7-12-25)32(21-26-13-9-8-10-24(26)4)29(33)18-19-35-27-16-14-23(3)15-17-27/h5-17,22,28H,18-21H2,1-4H3,(H,31,34)/t28-/m1/s1. The third-order valence-corrected chi connectivity index (χ3v) is 6.92. The van der Waals surface area contributed by atoms with Gasteiger partial charge < -0.3 is 10.2 Å². The van der Waals surface area contributed by atoms with E-state index in [1.165, 1.54) is 5.56 Å². The lowest BCUT2D eigenvalue weighted by Gasteiger charge is -2.32. The second-order valence-corrected chi connectivity index (χ2v) is 10.4. The maximum absolute atomic E-state index is 13.7. The lowest BCUT2D eigenvalue weighted by atomic mass is 10.0. The van der Waals surface area contributed by atoms with Crippen molar-refractivity contribution < 1.29 is 9.59 Å². The van der Waals surface area contributed by atoms with Crippen molar-refractivity contribution in [1.29, 1.82) is 0 Å². The number of hydrogen-bond donors (Lipinski definition) is 1. The minimum Gasteiger partial charge on any atom is -0.352 e. The van der Waals surface area contributed by atoms with Crippen LogP contribution in [0.2, 0.25) is 0 Å². The van der Waals surface area contributed by atoms with E-state index >= 15 is 0 Å². The third kappa shape index (κ3) is 8.29. The van der Waals surface area contributed by atoms with Crippen molar-refractivity contribution in [3.8, 4) is 0 Å².